The van der Waals surface area contributed by atoms with Crippen LogP contribution in [0.1, 0.15) is 28.8 Å². The van der Waals surface area contributed by atoms with E-state index in [0.29, 0.717) is 5.56 Å². The number of rotatable bonds is 3. The lowest BCUT2D eigenvalue weighted by atomic mass is 9.92. The third-order valence-corrected chi connectivity index (χ3v) is 2.86. The highest BCUT2D eigenvalue weighted by Crippen LogP contribution is 2.25. The van der Waals surface area contributed by atoms with Gasteiger partial charge in [0.05, 0.1) is 5.56 Å². The maximum atomic E-state index is 12.2. The first-order valence-electron chi connectivity index (χ1n) is 5.57. The molecule has 2 aromatic carbocycles. The molecule has 0 radical (unpaired) electrons. The third-order valence-electron chi connectivity index (χ3n) is 2.86. The maximum absolute atomic E-state index is 12.2. The van der Waals surface area contributed by atoms with Gasteiger partial charge in [0, 0.05) is 5.92 Å². The summed E-state index contributed by atoms with van der Waals surface area (Å²) in [5.41, 5.74) is 1.34. The van der Waals surface area contributed by atoms with Crippen molar-refractivity contribution in [3.63, 3.8) is 0 Å². The van der Waals surface area contributed by atoms with Crippen LogP contribution >= 0.6 is 0 Å². The molecule has 2 heteroatoms. The lowest BCUT2D eigenvalue weighted by Gasteiger charge is -2.11. The molecule has 1 unspecified atom stereocenters. The molecule has 0 bridgehead atoms. The van der Waals surface area contributed by atoms with Gasteiger partial charge in [0.15, 0.2) is 5.78 Å². The van der Waals surface area contributed by atoms with Crippen LogP contribution in [0.4, 0.5) is 0 Å². The molecule has 0 fully saturated rings. The second-order valence-corrected chi connectivity index (χ2v) is 4.01. The van der Waals surface area contributed by atoms with Gasteiger partial charge in [-0.1, -0.05) is 49.4 Å². The van der Waals surface area contributed by atoms with E-state index in [9.17, 15) is 9.90 Å². The average Bonchev–Trinajstić information content (AvgIpc) is 2.39. The Labute approximate surface area is 101 Å². The fraction of sp³-hybridized carbons (Fsp3) is 0.133. The minimum Gasteiger partial charge on any atom is -0.507 e. The Balaban J connectivity index is 2.30. The predicted octanol–water partition coefficient (Wildman–Crippen LogP) is 3.38. The number of carbonyl (C=O) groups excluding carboxylic acids is 1. The molecule has 2 rings (SSSR count). The Morgan fingerprint density at radius 1 is 1.00 bits per heavy atom. The van der Waals surface area contributed by atoms with E-state index in [2.05, 4.69) is 0 Å². The first-order valence-corrected chi connectivity index (χ1v) is 5.57. The van der Waals surface area contributed by atoms with Crippen LogP contribution in [-0.2, 0) is 0 Å². The highest BCUT2D eigenvalue weighted by molar-refractivity contribution is 6.02. The Morgan fingerprint density at radius 2 is 1.59 bits per heavy atom. The van der Waals surface area contributed by atoms with E-state index in [0.717, 1.165) is 5.56 Å². The quantitative estimate of drug-likeness (QED) is 0.814. The molecule has 1 N–H and O–H groups in total. The van der Waals surface area contributed by atoms with E-state index < -0.39 is 0 Å². The molecule has 86 valence electrons. The van der Waals surface area contributed by atoms with E-state index >= 15 is 0 Å². The predicted molar refractivity (Wildman–Crippen MR) is 67.3 cm³/mol. The molecule has 17 heavy (non-hydrogen) atoms. The van der Waals surface area contributed by atoms with Crippen LogP contribution in [0.2, 0.25) is 0 Å². The fourth-order valence-electron chi connectivity index (χ4n) is 1.81. The zero-order valence-electron chi connectivity index (χ0n) is 9.63. The van der Waals surface area contributed by atoms with Crippen LogP contribution in [0.15, 0.2) is 54.6 Å². The molecule has 2 aromatic rings. The average molecular weight is 226 g/mol. The number of para-hydroxylation sites is 1. The molecule has 0 aliphatic heterocycles. The summed E-state index contributed by atoms with van der Waals surface area (Å²) < 4.78 is 0. The molecule has 0 aliphatic rings. The summed E-state index contributed by atoms with van der Waals surface area (Å²) in [6.07, 6.45) is 0. The van der Waals surface area contributed by atoms with Crippen LogP contribution in [0.25, 0.3) is 0 Å². The highest BCUT2D eigenvalue weighted by Gasteiger charge is 2.19. The van der Waals surface area contributed by atoms with Gasteiger partial charge in [-0.25, -0.2) is 0 Å². The number of Topliss-reactive ketones (excluding diaryl/α,β-unsaturated/α-hetero) is 1. The van der Waals surface area contributed by atoms with Crippen molar-refractivity contribution < 1.29 is 9.90 Å². The Hall–Kier alpha value is -2.09. The minimum absolute atomic E-state index is 0.0419. The lowest BCUT2D eigenvalue weighted by Crippen LogP contribution is -2.09. The second-order valence-electron chi connectivity index (χ2n) is 4.01. The fourth-order valence-corrected chi connectivity index (χ4v) is 1.81. The van der Waals surface area contributed by atoms with Gasteiger partial charge in [-0.05, 0) is 17.7 Å². The monoisotopic (exact) mass is 226 g/mol. The molecule has 0 spiro atoms. The van der Waals surface area contributed by atoms with Crippen LogP contribution in [0.5, 0.6) is 5.75 Å². The number of phenols is 1. The highest BCUT2D eigenvalue weighted by atomic mass is 16.3. The molecule has 0 amide bonds. The number of ketones is 1. The van der Waals surface area contributed by atoms with Crippen molar-refractivity contribution in [2.75, 3.05) is 0 Å². The molecule has 0 saturated carbocycles. The summed E-state index contributed by atoms with van der Waals surface area (Å²) in [6.45, 7) is 1.85. The molecule has 1 atom stereocenters. The number of aromatic hydroxyl groups is 1. The van der Waals surface area contributed by atoms with Crippen LogP contribution in [0, 0.1) is 0 Å². The van der Waals surface area contributed by atoms with Crippen molar-refractivity contribution in [2.24, 2.45) is 0 Å². The first-order chi connectivity index (χ1) is 8.20. The van der Waals surface area contributed by atoms with Crippen molar-refractivity contribution in [2.45, 2.75) is 12.8 Å². The van der Waals surface area contributed by atoms with Gasteiger partial charge < -0.3 is 5.11 Å². The molecule has 0 heterocycles. The van der Waals surface area contributed by atoms with Gasteiger partial charge in [0.2, 0.25) is 0 Å². The second kappa shape index (κ2) is 4.83. The number of benzene rings is 2. The summed E-state index contributed by atoms with van der Waals surface area (Å²) in [7, 11) is 0. The summed E-state index contributed by atoms with van der Waals surface area (Å²) in [5, 5.41) is 9.66. The first kappa shape index (κ1) is 11.4. The van der Waals surface area contributed by atoms with Crippen molar-refractivity contribution in [3.05, 3.63) is 65.7 Å². The molecular formula is C15H14O2. The van der Waals surface area contributed by atoms with Gasteiger partial charge >= 0.3 is 0 Å². The zero-order valence-corrected chi connectivity index (χ0v) is 9.63. The van der Waals surface area contributed by atoms with E-state index in [-0.39, 0.29) is 17.5 Å². The molecule has 0 aliphatic carbocycles. The van der Waals surface area contributed by atoms with Gasteiger partial charge in [-0.3, -0.25) is 4.79 Å². The lowest BCUT2D eigenvalue weighted by molar-refractivity contribution is 0.0963. The van der Waals surface area contributed by atoms with Crippen LogP contribution in [0.3, 0.4) is 0 Å². The molecule has 0 aromatic heterocycles. The molecule has 2 nitrogen and oxygen atoms in total. The van der Waals surface area contributed by atoms with E-state index in [1.807, 2.05) is 37.3 Å². The van der Waals surface area contributed by atoms with Gasteiger partial charge in [0.1, 0.15) is 5.75 Å². The van der Waals surface area contributed by atoms with Gasteiger partial charge in [-0.15, -0.1) is 0 Å². The smallest absolute Gasteiger partial charge is 0.173 e. The summed E-state index contributed by atoms with van der Waals surface area (Å²) in [6, 6.07) is 16.2. The van der Waals surface area contributed by atoms with Gasteiger partial charge in [0.25, 0.3) is 0 Å². The number of hydrogen-bond donors (Lipinski definition) is 1. The normalized spacial score (nSPS) is 12.1. The minimum atomic E-state index is -0.246. The standard InChI is InChI=1S/C15H14O2/c1-11(12-7-3-2-4-8-12)15(17)13-9-5-6-10-14(13)16/h2-11,16H,1H3. The van der Waals surface area contributed by atoms with Crippen LogP contribution < -0.4 is 0 Å². The summed E-state index contributed by atoms with van der Waals surface area (Å²) >= 11 is 0. The number of phenolic OH excluding ortho intramolecular Hbond substituents is 1. The SMILES string of the molecule is CC(C(=O)c1ccccc1O)c1ccccc1. The molecule has 0 saturated heterocycles. The van der Waals surface area contributed by atoms with E-state index in [1.54, 1.807) is 18.2 Å². The van der Waals surface area contributed by atoms with Crippen LogP contribution in [-0.4, -0.2) is 10.9 Å². The topological polar surface area (TPSA) is 37.3 Å². The summed E-state index contributed by atoms with van der Waals surface area (Å²) in [4.78, 5) is 12.2. The Morgan fingerprint density at radius 3 is 2.24 bits per heavy atom. The van der Waals surface area contributed by atoms with E-state index in [4.69, 9.17) is 0 Å². The van der Waals surface area contributed by atoms with E-state index in [1.165, 1.54) is 6.07 Å². The maximum Gasteiger partial charge on any atom is 0.173 e. The number of carbonyl (C=O) groups is 1. The Kier molecular flexibility index (Phi) is 3.24. The molecular weight excluding hydrogens is 212 g/mol. The zero-order chi connectivity index (χ0) is 12.3. The van der Waals surface area contributed by atoms with Crippen molar-refractivity contribution in [1.82, 2.24) is 0 Å². The van der Waals surface area contributed by atoms with Gasteiger partial charge in [-0.2, -0.15) is 0 Å². The Bertz CT molecular complexity index is 517. The number of hydrogen-bond acceptors (Lipinski definition) is 2. The van der Waals surface area contributed by atoms with Crippen molar-refractivity contribution >= 4 is 5.78 Å². The summed E-state index contributed by atoms with van der Waals surface area (Å²) in [5.74, 6) is -0.265. The third kappa shape index (κ3) is 2.36. The van der Waals surface area contributed by atoms with Crippen molar-refractivity contribution in [3.8, 4) is 5.75 Å². The largest absolute Gasteiger partial charge is 0.507 e. The van der Waals surface area contributed by atoms with Crippen molar-refractivity contribution in [1.29, 1.82) is 0 Å².